The van der Waals surface area contributed by atoms with Gasteiger partial charge in [0.1, 0.15) is 6.29 Å². The molecule has 3 heteroatoms. The molecule has 0 radical (unpaired) electrons. The van der Waals surface area contributed by atoms with Crippen molar-refractivity contribution in [3.8, 4) is 0 Å². The van der Waals surface area contributed by atoms with Crippen molar-refractivity contribution < 1.29 is 14.6 Å². The van der Waals surface area contributed by atoms with Crippen molar-refractivity contribution in [1.29, 1.82) is 0 Å². The van der Waals surface area contributed by atoms with Gasteiger partial charge in [0.25, 0.3) is 0 Å². The molecule has 3 nitrogen and oxygen atoms in total. The molecule has 0 amide bonds. The fourth-order valence-corrected chi connectivity index (χ4v) is 2.54. The van der Waals surface area contributed by atoms with Crippen molar-refractivity contribution >= 4 is 6.29 Å². The molecule has 0 saturated heterocycles. The molecule has 0 bridgehead atoms. The maximum absolute atomic E-state index is 10.1. The van der Waals surface area contributed by atoms with Crippen molar-refractivity contribution in [3.63, 3.8) is 0 Å². The first kappa shape index (κ1) is 20.6. The standard InChI is InChI=1S/C18H36O3/c19-15-13-11-9-7-5-3-1-2-4-6-8-10-12-14-17-21-18-16-20/h15,20H,1-14,16-18H2. The van der Waals surface area contributed by atoms with E-state index in [1.165, 1.54) is 70.6 Å². The second kappa shape index (κ2) is 19.6. The molecule has 0 spiro atoms. The summed E-state index contributed by atoms with van der Waals surface area (Å²) in [7, 11) is 0. The molecule has 0 aromatic heterocycles. The molecular formula is C18H36O3. The van der Waals surface area contributed by atoms with Gasteiger partial charge in [0, 0.05) is 13.0 Å². The highest BCUT2D eigenvalue weighted by Crippen LogP contribution is 2.12. The Morgan fingerprint density at radius 1 is 0.619 bits per heavy atom. The lowest BCUT2D eigenvalue weighted by Gasteiger charge is -2.03. The highest BCUT2D eigenvalue weighted by atomic mass is 16.5. The van der Waals surface area contributed by atoms with Crippen LogP contribution in [0.3, 0.4) is 0 Å². The van der Waals surface area contributed by atoms with E-state index in [0.717, 1.165) is 32.2 Å². The van der Waals surface area contributed by atoms with Gasteiger partial charge in [0.2, 0.25) is 0 Å². The van der Waals surface area contributed by atoms with Crippen LogP contribution in [0.15, 0.2) is 0 Å². The second-order valence-corrected chi connectivity index (χ2v) is 5.89. The third-order valence-corrected chi connectivity index (χ3v) is 3.85. The number of aliphatic hydroxyl groups is 1. The molecule has 0 fully saturated rings. The normalized spacial score (nSPS) is 10.9. The maximum Gasteiger partial charge on any atom is 0.119 e. The first-order valence-corrected chi connectivity index (χ1v) is 9.04. The van der Waals surface area contributed by atoms with Crippen molar-refractivity contribution in [1.82, 2.24) is 0 Å². The zero-order valence-electron chi connectivity index (χ0n) is 13.9. The highest BCUT2D eigenvalue weighted by molar-refractivity contribution is 5.48. The van der Waals surface area contributed by atoms with Crippen molar-refractivity contribution in [2.45, 2.75) is 89.9 Å². The van der Waals surface area contributed by atoms with Crippen LogP contribution in [0.2, 0.25) is 0 Å². The molecule has 0 aliphatic heterocycles. The lowest BCUT2D eigenvalue weighted by Crippen LogP contribution is -2.00. The van der Waals surface area contributed by atoms with Gasteiger partial charge in [-0.05, 0) is 12.8 Å². The van der Waals surface area contributed by atoms with E-state index in [4.69, 9.17) is 9.84 Å². The van der Waals surface area contributed by atoms with E-state index in [2.05, 4.69) is 0 Å². The van der Waals surface area contributed by atoms with Gasteiger partial charge in [0.15, 0.2) is 0 Å². The second-order valence-electron chi connectivity index (χ2n) is 5.89. The molecule has 0 heterocycles. The summed E-state index contributed by atoms with van der Waals surface area (Å²) in [5.74, 6) is 0. The van der Waals surface area contributed by atoms with Gasteiger partial charge in [-0.1, -0.05) is 70.6 Å². The lowest BCUT2D eigenvalue weighted by atomic mass is 10.0. The summed E-state index contributed by atoms with van der Waals surface area (Å²) in [6.45, 7) is 1.42. The molecule has 0 aromatic rings. The fraction of sp³-hybridized carbons (Fsp3) is 0.944. The summed E-state index contributed by atoms with van der Waals surface area (Å²) in [6, 6.07) is 0. The number of ether oxygens (including phenoxy) is 1. The third kappa shape index (κ3) is 19.6. The zero-order valence-corrected chi connectivity index (χ0v) is 13.9. The van der Waals surface area contributed by atoms with E-state index < -0.39 is 0 Å². The molecule has 126 valence electrons. The molecule has 0 rings (SSSR count). The zero-order chi connectivity index (χ0) is 15.4. The number of carbonyl (C=O) groups is 1. The van der Waals surface area contributed by atoms with Crippen LogP contribution in [0.4, 0.5) is 0 Å². The molecule has 21 heavy (non-hydrogen) atoms. The summed E-state index contributed by atoms with van der Waals surface area (Å²) < 4.78 is 5.23. The SMILES string of the molecule is O=CCCCCCCCCCCCCCCCOCCO. The minimum absolute atomic E-state index is 0.138. The minimum atomic E-state index is 0.138. The Balaban J connectivity index is 2.91. The van der Waals surface area contributed by atoms with Crippen molar-refractivity contribution in [2.24, 2.45) is 0 Å². The quantitative estimate of drug-likeness (QED) is 0.296. The molecular weight excluding hydrogens is 264 g/mol. The van der Waals surface area contributed by atoms with Crippen LogP contribution in [-0.4, -0.2) is 31.2 Å². The predicted octanol–water partition coefficient (Wildman–Crippen LogP) is 4.66. The Bertz CT molecular complexity index is 195. The topological polar surface area (TPSA) is 46.5 Å². The number of carbonyl (C=O) groups excluding carboxylic acids is 1. The van der Waals surface area contributed by atoms with Gasteiger partial charge in [0.05, 0.1) is 13.2 Å². The van der Waals surface area contributed by atoms with Crippen LogP contribution in [0.5, 0.6) is 0 Å². The number of aliphatic hydroxyl groups excluding tert-OH is 1. The number of aldehydes is 1. The van der Waals surface area contributed by atoms with E-state index in [1.54, 1.807) is 0 Å². The van der Waals surface area contributed by atoms with Gasteiger partial charge in [-0.25, -0.2) is 0 Å². The number of rotatable bonds is 18. The highest BCUT2D eigenvalue weighted by Gasteiger charge is 1.94. The van der Waals surface area contributed by atoms with Gasteiger partial charge in [-0.3, -0.25) is 0 Å². The van der Waals surface area contributed by atoms with Crippen molar-refractivity contribution in [3.05, 3.63) is 0 Å². The summed E-state index contributed by atoms with van der Waals surface area (Å²) in [4.78, 5) is 10.1. The number of unbranched alkanes of at least 4 members (excludes halogenated alkanes) is 13. The van der Waals surface area contributed by atoms with E-state index in [-0.39, 0.29) is 6.61 Å². The Hall–Kier alpha value is -0.410. The van der Waals surface area contributed by atoms with Crippen LogP contribution in [0.1, 0.15) is 89.9 Å². The molecule has 0 aliphatic rings. The average molecular weight is 300 g/mol. The fourth-order valence-electron chi connectivity index (χ4n) is 2.54. The number of hydrogen-bond acceptors (Lipinski definition) is 3. The van der Waals surface area contributed by atoms with Crippen LogP contribution < -0.4 is 0 Å². The average Bonchev–Trinajstić information content (AvgIpc) is 2.50. The van der Waals surface area contributed by atoms with E-state index in [9.17, 15) is 4.79 Å². The van der Waals surface area contributed by atoms with Gasteiger partial charge in [-0.2, -0.15) is 0 Å². The first-order valence-electron chi connectivity index (χ1n) is 9.04. The van der Waals surface area contributed by atoms with Gasteiger partial charge >= 0.3 is 0 Å². The van der Waals surface area contributed by atoms with Crippen LogP contribution in [0.25, 0.3) is 0 Å². The Labute approximate surface area is 131 Å². The van der Waals surface area contributed by atoms with Crippen molar-refractivity contribution in [2.75, 3.05) is 19.8 Å². The van der Waals surface area contributed by atoms with Crippen LogP contribution >= 0.6 is 0 Å². The summed E-state index contributed by atoms with van der Waals surface area (Å²) in [6.07, 6.45) is 18.6. The van der Waals surface area contributed by atoms with E-state index >= 15 is 0 Å². The maximum atomic E-state index is 10.1. The molecule has 1 N–H and O–H groups in total. The lowest BCUT2D eigenvalue weighted by molar-refractivity contribution is -0.107. The van der Waals surface area contributed by atoms with Gasteiger partial charge in [-0.15, -0.1) is 0 Å². The first-order chi connectivity index (χ1) is 10.4. The summed E-state index contributed by atoms with van der Waals surface area (Å²) >= 11 is 0. The largest absolute Gasteiger partial charge is 0.394 e. The third-order valence-electron chi connectivity index (χ3n) is 3.85. The minimum Gasteiger partial charge on any atom is -0.394 e. The van der Waals surface area contributed by atoms with E-state index in [0.29, 0.717) is 6.61 Å². The van der Waals surface area contributed by atoms with E-state index in [1.807, 2.05) is 0 Å². The van der Waals surface area contributed by atoms with Gasteiger partial charge < -0.3 is 14.6 Å². The Kier molecular flexibility index (Phi) is 19.2. The predicted molar refractivity (Wildman–Crippen MR) is 88.6 cm³/mol. The molecule has 0 saturated carbocycles. The molecule has 0 atom stereocenters. The smallest absolute Gasteiger partial charge is 0.119 e. The molecule has 0 aromatic carbocycles. The molecule has 0 aliphatic carbocycles. The van der Waals surface area contributed by atoms with Crippen LogP contribution in [-0.2, 0) is 9.53 Å². The summed E-state index contributed by atoms with van der Waals surface area (Å²) in [5.41, 5.74) is 0. The van der Waals surface area contributed by atoms with Crippen LogP contribution in [0, 0.1) is 0 Å². The Morgan fingerprint density at radius 3 is 1.48 bits per heavy atom. The molecule has 0 unspecified atom stereocenters. The number of hydrogen-bond donors (Lipinski definition) is 1. The Morgan fingerprint density at radius 2 is 1.05 bits per heavy atom. The monoisotopic (exact) mass is 300 g/mol. The summed E-state index contributed by atoms with van der Waals surface area (Å²) in [5, 5.41) is 8.55.